The third kappa shape index (κ3) is 2.56. The fraction of sp³-hybridized carbons (Fsp3) is 0.333. The number of hydrogen-bond donors (Lipinski definition) is 0. The lowest BCUT2D eigenvalue weighted by atomic mass is 10.00. The normalized spacial score (nSPS) is 12.9. The SMILES string of the molecule is CCC(Cl)CCc1cccc2ccccc12. The molecule has 0 amide bonds. The van der Waals surface area contributed by atoms with Crippen molar-refractivity contribution in [2.45, 2.75) is 31.6 Å². The first kappa shape index (κ1) is 11.5. The van der Waals surface area contributed by atoms with Crippen molar-refractivity contribution in [2.75, 3.05) is 0 Å². The first-order valence-electron chi connectivity index (χ1n) is 5.92. The van der Waals surface area contributed by atoms with Crippen LogP contribution in [0.5, 0.6) is 0 Å². The molecule has 0 spiro atoms. The van der Waals surface area contributed by atoms with Crippen LogP contribution in [0.1, 0.15) is 25.3 Å². The summed E-state index contributed by atoms with van der Waals surface area (Å²) in [5.74, 6) is 0. The maximum Gasteiger partial charge on any atom is 0.0336 e. The maximum absolute atomic E-state index is 6.17. The highest BCUT2D eigenvalue weighted by Crippen LogP contribution is 2.21. The highest BCUT2D eigenvalue weighted by atomic mass is 35.5. The van der Waals surface area contributed by atoms with Crippen LogP contribution in [0.3, 0.4) is 0 Å². The smallest absolute Gasteiger partial charge is 0.0336 e. The number of alkyl halides is 1. The second-order valence-corrected chi connectivity index (χ2v) is 4.80. The lowest BCUT2D eigenvalue weighted by Gasteiger charge is -2.08. The molecule has 0 fully saturated rings. The van der Waals surface area contributed by atoms with Crippen molar-refractivity contribution in [2.24, 2.45) is 0 Å². The maximum atomic E-state index is 6.17. The molecule has 0 aliphatic heterocycles. The van der Waals surface area contributed by atoms with Gasteiger partial charge in [-0.2, -0.15) is 0 Å². The minimum absolute atomic E-state index is 0.305. The summed E-state index contributed by atoms with van der Waals surface area (Å²) < 4.78 is 0. The molecule has 1 atom stereocenters. The minimum atomic E-state index is 0.305. The minimum Gasteiger partial charge on any atom is -0.123 e. The van der Waals surface area contributed by atoms with E-state index < -0.39 is 0 Å². The van der Waals surface area contributed by atoms with Crippen LogP contribution < -0.4 is 0 Å². The third-order valence-electron chi connectivity index (χ3n) is 3.05. The molecule has 2 rings (SSSR count). The fourth-order valence-electron chi connectivity index (χ4n) is 2.03. The molecule has 0 aliphatic rings. The molecular weight excluding hydrogens is 216 g/mol. The molecule has 84 valence electrons. The van der Waals surface area contributed by atoms with Gasteiger partial charge in [0.25, 0.3) is 0 Å². The molecule has 0 radical (unpaired) electrons. The van der Waals surface area contributed by atoms with Crippen molar-refractivity contribution in [1.29, 1.82) is 0 Å². The van der Waals surface area contributed by atoms with Gasteiger partial charge in [-0.25, -0.2) is 0 Å². The van der Waals surface area contributed by atoms with Crippen LogP contribution >= 0.6 is 11.6 Å². The summed E-state index contributed by atoms with van der Waals surface area (Å²) in [5, 5.41) is 2.99. The number of fused-ring (bicyclic) bond motifs is 1. The van der Waals surface area contributed by atoms with Crippen LogP contribution in [0.2, 0.25) is 0 Å². The Balaban J connectivity index is 2.23. The molecule has 0 aliphatic carbocycles. The molecule has 0 heterocycles. The zero-order chi connectivity index (χ0) is 11.4. The van der Waals surface area contributed by atoms with Crippen LogP contribution in [0.4, 0.5) is 0 Å². The second kappa shape index (κ2) is 5.36. The highest BCUT2D eigenvalue weighted by molar-refractivity contribution is 6.20. The summed E-state index contributed by atoms with van der Waals surface area (Å²) >= 11 is 6.17. The number of halogens is 1. The van der Waals surface area contributed by atoms with Crippen molar-refractivity contribution in [3.63, 3.8) is 0 Å². The average molecular weight is 233 g/mol. The van der Waals surface area contributed by atoms with Crippen LogP contribution in [0, 0.1) is 0 Å². The Bertz CT molecular complexity index is 456. The molecule has 0 N–H and O–H groups in total. The lowest BCUT2D eigenvalue weighted by molar-refractivity contribution is 0.729. The zero-order valence-corrected chi connectivity index (χ0v) is 10.4. The molecule has 1 unspecified atom stereocenters. The van der Waals surface area contributed by atoms with Gasteiger partial charge in [-0.05, 0) is 35.6 Å². The second-order valence-electron chi connectivity index (χ2n) is 4.18. The Morgan fingerprint density at radius 2 is 1.81 bits per heavy atom. The molecule has 0 nitrogen and oxygen atoms in total. The topological polar surface area (TPSA) is 0 Å². The summed E-state index contributed by atoms with van der Waals surface area (Å²) in [5.41, 5.74) is 1.41. The largest absolute Gasteiger partial charge is 0.123 e. The Hall–Kier alpha value is -1.01. The van der Waals surface area contributed by atoms with Gasteiger partial charge in [0.2, 0.25) is 0 Å². The third-order valence-corrected chi connectivity index (χ3v) is 3.58. The molecule has 0 bridgehead atoms. The van der Waals surface area contributed by atoms with E-state index in [1.165, 1.54) is 16.3 Å². The molecule has 0 saturated carbocycles. The molecule has 0 saturated heterocycles. The monoisotopic (exact) mass is 232 g/mol. The van der Waals surface area contributed by atoms with Crippen molar-refractivity contribution in [1.82, 2.24) is 0 Å². The van der Waals surface area contributed by atoms with Crippen LogP contribution in [0.25, 0.3) is 10.8 Å². The van der Waals surface area contributed by atoms with Gasteiger partial charge in [-0.15, -0.1) is 11.6 Å². The first-order chi connectivity index (χ1) is 7.81. The van der Waals surface area contributed by atoms with Crippen molar-refractivity contribution >= 4 is 22.4 Å². The van der Waals surface area contributed by atoms with Gasteiger partial charge in [-0.1, -0.05) is 49.4 Å². The standard InChI is InChI=1S/C15H17Cl/c1-2-14(16)11-10-13-8-5-7-12-6-3-4-9-15(12)13/h3-9,14H,2,10-11H2,1H3. The summed E-state index contributed by atoms with van der Waals surface area (Å²) in [6, 6.07) is 15.0. The Morgan fingerprint density at radius 3 is 2.62 bits per heavy atom. The molecule has 0 aromatic heterocycles. The quantitative estimate of drug-likeness (QED) is 0.665. The number of aryl methyl sites for hydroxylation is 1. The van der Waals surface area contributed by atoms with Crippen molar-refractivity contribution < 1.29 is 0 Å². The summed E-state index contributed by atoms with van der Waals surface area (Å²) in [7, 11) is 0. The van der Waals surface area contributed by atoms with Crippen molar-refractivity contribution in [3.05, 3.63) is 48.0 Å². The molecule has 2 aromatic carbocycles. The van der Waals surface area contributed by atoms with E-state index >= 15 is 0 Å². The molecule has 16 heavy (non-hydrogen) atoms. The van der Waals surface area contributed by atoms with E-state index in [1.807, 2.05) is 0 Å². The van der Waals surface area contributed by atoms with Gasteiger partial charge in [0.1, 0.15) is 0 Å². The summed E-state index contributed by atoms with van der Waals surface area (Å²) in [6.45, 7) is 2.14. The van der Waals surface area contributed by atoms with Crippen molar-refractivity contribution in [3.8, 4) is 0 Å². The Labute approximate surface area is 102 Å². The van der Waals surface area contributed by atoms with Crippen LogP contribution in [0.15, 0.2) is 42.5 Å². The summed E-state index contributed by atoms with van der Waals surface area (Å²) in [4.78, 5) is 0. The van der Waals surface area contributed by atoms with Crippen LogP contribution in [-0.2, 0) is 6.42 Å². The van der Waals surface area contributed by atoms with E-state index in [2.05, 4.69) is 49.4 Å². The molecular formula is C15H17Cl. The van der Waals surface area contributed by atoms with Gasteiger partial charge in [-0.3, -0.25) is 0 Å². The number of rotatable bonds is 4. The predicted octanol–water partition coefficient (Wildman–Crippen LogP) is 4.79. The van der Waals surface area contributed by atoms with E-state index in [9.17, 15) is 0 Å². The summed E-state index contributed by atoms with van der Waals surface area (Å²) in [6.07, 6.45) is 3.18. The van der Waals surface area contributed by atoms with E-state index in [0.29, 0.717) is 5.38 Å². The van der Waals surface area contributed by atoms with Crippen LogP contribution in [-0.4, -0.2) is 5.38 Å². The number of hydrogen-bond acceptors (Lipinski definition) is 0. The Morgan fingerprint density at radius 1 is 1.06 bits per heavy atom. The van der Waals surface area contributed by atoms with Gasteiger partial charge in [0.05, 0.1) is 0 Å². The van der Waals surface area contributed by atoms with E-state index in [1.54, 1.807) is 0 Å². The van der Waals surface area contributed by atoms with E-state index in [-0.39, 0.29) is 0 Å². The van der Waals surface area contributed by atoms with E-state index in [4.69, 9.17) is 11.6 Å². The lowest BCUT2D eigenvalue weighted by Crippen LogP contribution is -1.98. The highest BCUT2D eigenvalue weighted by Gasteiger charge is 2.04. The van der Waals surface area contributed by atoms with Gasteiger partial charge in [0, 0.05) is 5.38 Å². The van der Waals surface area contributed by atoms with Gasteiger partial charge in [0.15, 0.2) is 0 Å². The van der Waals surface area contributed by atoms with Gasteiger partial charge >= 0.3 is 0 Å². The predicted molar refractivity (Wildman–Crippen MR) is 72.2 cm³/mol. The Kier molecular flexibility index (Phi) is 3.84. The molecule has 2 aromatic rings. The fourth-order valence-corrected chi connectivity index (χ4v) is 2.14. The zero-order valence-electron chi connectivity index (χ0n) is 9.62. The average Bonchev–Trinajstić information content (AvgIpc) is 2.35. The molecule has 1 heteroatoms. The number of benzene rings is 2. The van der Waals surface area contributed by atoms with E-state index in [0.717, 1.165) is 19.3 Å². The first-order valence-corrected chi connectivity index (χ1v) is 6.35. The van der Waals surface area contributed by atoms with Gasteiger partial charge < -0.3 is 0 Å².